The summed E-state index contributed by atoms with van der Waals surface area (Å²) in [6.07, 6.45) is 3.69. The van der Waals surface area contributed by atoms with Crippen molar-refractivity contribution in [2.75, 3.05) is 5.75 Å². The number of aromatic nitrogens is 2. The predicted molar refractivity (Wildman–Crippen MR) is 111 cm³/mol. The molecule has 0 bridgehead atoms. The van der Waals surface area contributed by atoms with Crippen molar-refractivity contribution in [2.45, 2.75) is 11.9 Å². The quantitative estimate of drug-likeness (QED) is 0.469. The normalized spacial score (nSPS) is 16.8. The van der Waals surface area contributed by atoms with E-state index in [0.717, 1.165) is 27.6 Å². The Morgan fingerprint density at radius 1 is 1.11 bits per heavy atom. The molecular weight excluding hydrogens is 390 g/mol. The number of furan rings is 1. The second-order valence-corrected chi connectivity index (χ2v) is 8.47. The molecule has 140 valence electrons. The zero-order valence-corrected chi connectivity index (χ0v) is 16.5. The highest BCUT2D eigenvalue weighted by atomic mass is 32.2. The van der Waals surface area contributed by atoms with E-state index < -0.39 is 0 Å². The van der Waals surface area contributed by atoms with Gasteiger partial charge in [0.25, 0.3) is 0 Å². The fraction of sp³-hybridized carbons (Fsp3) is 0.143. The van der Waals surface area contributed by atoms with E-state index >= 15 is 0 Å². The topological polar surface area (TPSA) is 51.3 Å². The third-order valence-electron chi connectivity index (χ3n) is 4.66. The smallest absolute Gasteiger partial charge is 0.234 e. The zero-order valence-electron chi connectivity index (χ0n) is 14.9. The average Bonchev–Trinajstić information content (AvgIpc) is 3.51. The van der Waals surface area contributed by atoms with Crippen LogP contribution in [0.5, 0.6) is 0 Å². The summed E-state index contributed by atoms with van der Waals surface area (Å²) in [5.41, 5.74) is 2.97. The van der Waals surface area contributed by atoms with E-state index in [1.54, 1.807) is 29.4 Å². The monoisotopic (exact) mass is 407 g/mol. The Hall–Kier alpha value is -2.77. The molecule has 5 rings (SSSR count). The van der Waals surface area contributed by atoms with E-state index in [2.05, 4.69) is 12.3 Å². The van der Waals surface area contributed by atoms with Gasteiger partial charge in [0.15, 0.2) is 0 Å². The molecule has 5 nitrogen and oxygen atoms in total. The van der Waals surface area contributed by atoms with Gasteiger partial charge >= 0.3 is 0 Å². The van der Waals surface area contributed by atoms with Gasteiger partial charge in [-0.05, 0) is 35.7 Å². The van der Waals surface area contributed by atoms with Crippen LogP contribution in [0.1, 0.15) is 16.7 Å². The fourth-order valence-electron chi connectivity index (χ4n) is 3.34. The van der Waals surface area contributed by atoms with Crippen LogP contribution >= 0.6 is 23.1 Å². The lowest BCUT2D eigenvalue weighted by Gasteiger charge is -2.22. The van der Waals surface area contributed by atoms with Gasteiger partial charge in [0.2, 0.25) is 5.91 Å². The lowest BCUT2D eigenvalue weighted by molar-refractivity contribution is -0.128. The van der Waals surface area contributed by atoms with Crippen LogP contribution in [-0.2, 0) is 11.3 Å². The number of thiophene rings is 1. The van der Waals surface area contributed by atoms with Gasteiger partial charge < -0.3 is 9.32 Å². The average molecular weight is 408 g/mol. The molecule has 1 saturated heterocycles. The number of carbonyl (C=O) groups excluding carboxylic acids is 1. The highest BCUT2D eigenvalue weighted by Gasteiger charge is 2.36. The summed E-state index contributed by atoms with van der Waals surface area (Å²) in [5, 5.41) is 6.84. The summed E-state index contributed by atoms with van der Waals surface area (Å²) in [7, 11) is 0. The molecule has 28 heavy (non-hydrogen) atoms. The molecule has 1 atom stereocenters. The van der Waals surface area contributed by atoms with Gasteiger partial charge in [0.05, 0.1) is 29.1 Å². The van der Waals surface area contributed by atoms with Crippen LogP contribution in [0, 0.1) is 0 Å². The number of carbonyl (C=O) groups is 1. The highest BCUT2D eigenvalue weighted by molar-refractivity contribution is 8.00. The first-order valence-electron chi connectivity index (χ1n) is 8.92. The molecule has 0 N–H and O–H groups in total. The second kappa shape index (κ2) is 7.33. The summed E-state index contributed by atoms with van der Waals surface area (Å²) >= 11 is 3.30. The minimum Gasteiger partial charge on any atom is -0.467 e. The maximum Gasteiger partial charge on any atom is 0.234 e. The molecule has 0 saturated carbocycles. The number of nitrogens with zero attached hydrogens (tertiary/aromatic N) is 3. The number of benzene rings is 1. The van der Waals surface area contributed by atoms with Gasteiger partial charge in [0.1, 0.15) is 16.8 Å². The van der Waals surface area contributed by atoms with E-state index in [1.165, 1.54) is 0 Å². The number of para-hydroxylation sites is 1. The molecule has 1 aliphatic rings. The Labute approximate surface area is 170 Å². The lowest BCUT2D eigenvalue weighted by atomic mass is 10.2. The van der Waals surface area contributed by atoms with Crippen molar-refractivity contribution in [3.63, 3.8) is 0 Å². The summed E-state index contributed by atoms with van der Waals surface area (Å²) < 4.78 is 7.38. The van der Waals surface area contributed by atoms with Gasteiger partial charge in [-0.3, -0.25) is 4.79 Å². The van der Waals surface area contributed by atoms with Crippen LogP contribution < -0.4 is 0 Å². The van der Waals surface area contributed by atoms with Crippen molar-refractivity contribution in [3.8, 4) is 16.3 Å². The first kappa shape index (κ1) is 17.3. The van der Waals surface area contributed by atoms with Crippen LogP contribution in [0.2, 0.25) is 0 Å². The third-order valence-corrected chi connectivity index (χ3v) is 6.77. The minimum atomic E-state index is -0.0906. The summed E-state index contributed by atoms with van der Waals surface area (Å²) in [6.45, 7) is 0.462. The molecule has 4 heterocycles. The maximum atomic E-state index is 12.6. The molecule has 3 aromatic heterocycles. The standard InChI is InChI=1S/C21H17N3O2S2/c25-19-14-28-21(23(19)12-16-8-4-10-26-16)17-13-24(15-6-2-1-3-7-15)22-20(17)18-9-5-11-27-18/h1-11,13,21H,12,14H2. The van der Waals surface area contributed by atoms with E-state index in [0.29, 0.717) is 12.3 Å². The molecular formula is C21H17N3O2S2. The third kappa shape index (κ3) is 3.16. The molecule has 4 aromatic rings. The molecule has 1 aromatic carbocycles. The van der Waals surface area contributed by atoms with E-state index in [-0.39, 0.29) is 11.3 Å². The number of hydrogen-bond donors (Lipinski definition) is 0. The first-order chi connectivity index (χ1) is 13.8. The van der Waals surface area contributed by atoms with E-state index in [1.807, 2.05) is 63.5 Å². The van der Waals surface area contributed by atoms with E-state index in [9.17, 15) is 4.79 Å². The van der Waals surface area contributed by atoms with Gasteiger partial charge in [0, 0.05) is 11.8 Å². The van der Waals surface area contributed by atoms with Crippen LogP contribution in [0.25, 0.3) is 16.3 Å². The summed E-state index contributed by atoms with van der Waals surface area (Å²) in [5.74, 6) is 1.37. The number of hydrogen-bond acceptors (Lipinski definition) is 5. The van der Waals surface area contributed by atoms with Crippen LogP contribution in [0.3, 0.4) is 0 Å². The van der Waals surface area contributed by atoms with Crippen molar-refractivity contribution < 1.29 is 9.21 Å². The Balaban J connectivity index is 1.58. The number of rotatable bonds is 5. The Morgan fingerprint density at radius 2 is 2.00 bits per heavy atom. The minimum absolute atomic E-state index is 0.0906. The zero-order chi connectivity index (χ0) is 18.9. The van der Waals surface area contributed by atoms with Crippen molar-refractivity contribution in [1.29, 1.82) is 0 Å². The van der Waals surface area contributed by atoms with E-state index in [4.69, 9.17) is 9.52 Å². The van der Waals surface area contributed by atoms with Crippen LogP contribution in [0.4, 0.5) is 0 Å². The number of thioether (sulfide) groups is 1. The lowest BCUT2D eigenvalue weighted by Crippen LogP contribution is -2.27. The van der Waals surface area contributed by atoms with Crippen molar-refractivity contribution in [3.05, 3.63) is 83.8 Å². The van der Waals surface area contributed by atoms with Crippen LogP contribution in [-0.4, -0.2) is 26.3 Å². The van der Waals surface area contributed by atoms with Gasteiger partial charge in [-0.25, -0.2) is 4.68 Å². The molecule has 0 aliphatic carbocycles. The molecule has 1 aliphatic heterocycles. The molecule has 1 amide bonds. The largest absolute Gasteiger partial charge is 0.467 e. The Kier molecular flexibility index (Phi) is 4.54. The Morgan fingerprint density at radius 3 is 2.75 bits per heavy atom. The molecule has 1 fully saturated rings. The second-order valence-electron chi connectivity index (χ2n) is 6.45. The SMILES string of the molecule is O=C1CSC(c2cn(-c3ccccc3)nc2-c2cccs2)N1Cc1ccco1. The first-order valence-corrected chi connectivity index (χ1v) is 10.8. The number of amides is 1. The molecule has 0 spiro atoms. The Bertz CT molecular complexity index is 1070. The fourth-order valence-corrected chi connectivity index (χ4v) is 5.26. The van der Waals surface area contributed by atoms with Crippen LogP contribution in [0.15, 0.2) is 76.9 Å². The van der Waals surface area contributed by atoms with Crippen molar-refractivity contribution in [2.24, 2.45) is 0 Å². The molecule has 7 heteroatoms. The molecule has 0 radical (unpaired) electrons. The van der Waals surface area contributed by atoms with Gasteiger partial charge in [-0.1, -0.05) is 24.3 Å². The van der Waals surface area contributed by atoms with Crippen molar-refractivity contribution >= 4 is 29.0 Å². The summed E-state index contributed by atoms with van der Waals surface area (Å²) in [6, 6.07) is 17.9. The maximum absolute atomic E-state index is 12.6. The summed E-state index contributed by atoms with van der Waals surface area (Å²) in [4.78, 5) is 15.6. The highest BCUT2D eigenvalue weighted by Crippen LogP contribution is 2.44. The van der Waals surface area contributed by atoms with Crippen molar-refractivity contribution in [1.82, 2.24) is 14.7 Å². The van der Waals surface area contributed by atoms with Gasteiger partial charge in [-0.2, -0.15) is 5.10 Å². The predicted octanol–water partition coefficient (Wildman–Crippen LogP) is 4.97. The molecule has 1 unspecified atom stereocenters. The van der Waals surface area contributed by atoms with Gasteiger partial charge in [-0.15, -0.1) is 23.1 Å².